The van der Waals surface area contributed by atoms with Gasteiger partial charge in [-0.3, -0.25) is 4.68 Å². The van der Waals surface area contributed by atoms with Crippen LogP contribution in [-0.4, -0.2) is 9.78 Å². The van der Waals surface area contributed by atoms with Gasteiger partial charge >= 0.3 is 0 Å². The lowest BCUT2D eigenvalue weighted by atomic mass is 10.1. The van der Waals surface area contributed by atoms with Crippen LogP contribution in [0.2, 0.25) is 0 Å². The van der Waals surface area contributed by atoms with E-state index in [1.807, 2.05) is 16.8 Å². The summed E-state index contributed by atoms with van der Waals surface area (Å²) < 4.78 is 16.1. The van der Waals surface area contributed by atoms with Crippen LogP contribution in [0.1, 0.15) is 30.0 Å². The Kier molecular flexibility index (Phi) is 3.54. The molecule has 0 saturated carbocycles. The number of benzene rings is 1. The molecule has 0 aliphatic carbocycles. The van der Waals surface area contributed by atoms with E-state index in [1.54, 1.807) is 18.3 Å². The summed E-state index contributed by atoms with van der Waals surface area (Å²) in [7, 11) is 0. The molecule has 0 fully saturated rings. The van der Waals surface area contributed by atoms with Crippen molar-refractivity contribution in [2.24, 2.45) is 5.73 Å². The Morgan fingerprint density at radius 3 is 3.00 bits per heavy atom. The summed E-state index contributed by atoms with van der Waals surface area (Å²) >= 11 is 1.54. The average molecular weight is 289 g/mol. The minimum absolute atomic E-state index is 0.213. The highest BCUT2D eigenvalue weighted by atomic mass is 32.1. The van der Waals surface area contributed by atoms with Crippen LogP contribution in [-0.2, 0) is 6.54 Å². The zero-order valence-corrected chi connectivity index (χ0v) is 12.0. The van der Waals surface area contributed by atoms with E-state index >= 15 is 0 Å². The lowest BCUT2D eigenvalue weighted by Gasteiger charge is -2.12. The third-order valence-electron chi connectivity index (χ3n) is 3.31. The van der Waals surface area contributed by atoms with Gasteiger partial charge in [-0.1, -0.05) is 13.0 Å². The van der Waals surface area contributed by atoms with Crippen molar-refractivity contribution < 1.29 is 4.39 Å². The van der Waals surface area contributed by atoms with Crippen LogP contribution in [0.5, 0.6) is 0 Å². The van der Waals surface area contributed by atoms with Crippen molar-refractivity contribution in [2.45, 2.75) is 25.9 Å². The molecule has 0 aliphatic rings. The molecule has 0 saturated heterocycles. The fraction of sp³-hybridized carbons (Fsp3) is 0.267. The number of fused-ring (bicyclic) bond motifs is 1. The van der Waals surface area contributed by atoms with Crippen LogP contribution in [0.4, 0.5) is 4.39 Å². The fourth-order valence-corrected chi connectivity index (χ4v) is 3.43. The van der Waals surface area contributed by atoms with E-state index in [0.717, 1.165) is 33.6 Å². The molecule has 1 aromatic carbocycles. The molecule has 0 radical (unpaired) electrons. The maximum absolute atomic E-state index is 13.2. The number of hydrogen-bond acceptors (Lipinski definition) is 3. The number of aryl methyl sites for hydroxylation is 1. The van der Waals surface area contributed by atoms with Crippen LogP contribution < -0.4 is 5.73 Å². The predicted octanol–water partition coefficient (Wildman–Crippen LogP) is 3.70. The minimum Gasteiger partial charge on any atom is -0.318 e. The molecule has 3 aromatic rings. The zero-order chi connectivity index (χ0) is 14.1. The van der Waals surface area contributed by atoms with Crippen molar-refractivity contribution in [1.82, 2.24) is 9.78 Å². The molecule has 2 heterocycles. The molecular weight excluding hydrogens is 273 g/mol. The molecular formula is C15H16FN3S. The second kappa shape index (κ2) is 5.34. The standard InChI is InChI=1S/C15H16FN3S/c1-2-7-19-12(5-6-18-19)15(17)14-8-10-3-4-11(16)9-13(10)20-14/h3-6,8-9,15H,2,7,17H2,1H3. The highest BCUT2D eigenvalue weighted by Crippen LogP contribution is 2.32. The maximum atomic E-state index is 13.2. The molecule has 5 heteroatoms. The van der Waals surface area contributed by atoms with Crippen LogP contribution in [0, 0.1) is 5.82 Å². The molecule has 2 N–H and O–H groups in total. The molecule has 20 heavy (non-hydrogen) atoms. The van der Waals surface area contributed by atoms with Gasteiger partial charge in [0.1, 0.15) is 5.82 Å². The number of halogens is 1. The maximum Gasteiger partial charge on any atom is 0.124 e. The summed E-state index contributed by atoms with van der Waals surface area (Å²) in [5, 5.41) is 5.33. The van der Waals surface area contributed by atoms with Crippen molar-refractivity contribution in [2.75, 3.05) is 0 Å². The van der Waals surface area contributed by atoms with Crippen molar-refractivity contribution in [3.63, 3.8) is 0 Å². The summed E-state index contributed by atoms with van der Waals surface area (Å²) in [6.45, 7) is 2.97. The SMILES string of the molecule is CCCn1nccc1C(N)c1cc2ccc(F)cc2s1. The van der Waals surface area contributed by atoms with Crippen LogP contribution in [0.3, 0.4) is 0 Å². The Morgan fingerprint density at radius 1 is 1.35 bits per heavy atom. The Balaban J connectivity index is 1.99. The first-order valence-electron chi connectivity index (χ1n) is 6.65. The van der Waals surface area contributed by atoms with Gasteiger partial charge in [0, 0.05) is 22.3 Å². The predicted molar refractivity (Wildman–Crippen MR) is 80.3 cm³/mol. The number of rotatable bonds is 4. The molecule has 0 bridgehead atoms. The van der Waals surface area contributed by atoms with E-state index in [-0.39, 0.29) is 11.9 Å². The Bertz CT molecular complexity index is 732. The average Bonchev–Trinajstić information content (AvgIpc) is 3.04. The van der Waals surface area contributed by atoms with Gasteiger partial charge in [-0.05, 0) is 36.1 Å². The molecule has 2 aromatic heterocycles. The minimum atomic E-state index is -0.218. The fourth-order valence-electron chi connectivity index (χ4n) is 2.33. The molecule has 3 nitrogen and oxygen atoms in total. The molecule has 3 rings (SSSR count). The van der Waals surface area contributed by atoms with Gasteiger partial charge in [-0.15, -0.1) is 11.3 Å². The van der Waals surface area contributed by atoms with Gasteiger partial charge in [0.25, 0.3) is 0 Å². The zero-order valence-electron chi connectivity index (χ0n) is 11.2. The summed E-state index contributed by atoms with van der Waals surface area (Å²) in [5.41, 5.74) is 7.35. The van der Waals surface area contributed by atoms with E-state index in [0.29, 0.717) is 0 Å². The van der Waals surface area contributed by atoms with Gasteiger partial charge in [-0.2, -0.15) is 5.10 Å². The molecule has 1 unspecified atom stereocenters. The molecule has 0 amide bonds. The van der Waals surface area contributed by atoms with Gasteiger partial charge in [-0.25, -0.2) is 4.39 Å². The largest absolute Gasteiger partial charge is 0.318 e. The first-order valence-corrected chi connectivity index (χ1v) is 7.47. The Morgan fingerprint density at radius 2 is 2.20 bits per heavy atom. The van der Waals surface area contributed by atoms with Crippen molar-refractivity contribution >= 4 is 21.4 Å². The van der Waals surface area contributed by atoms with Crippen LogP contribution in [0.15, 0.2) is 36.5 Å². The van der Waals surface area contributed by atoms with Gasteiger partial charge in [0.2, 0.25) is 0 Å². The third kappa shape index (κ3) is 2.34. The highest BCUT2D eigenvalue weighted by molar-refractivity contribution is 7.19. The van der Waals surface area contributed by atoms with Crippen molar-refractivity contribution in [3.8, 4) is 0 Å². The summed E-state index contributed by atoms with van der Waals surface area (Å²) in [6, 6.07) is 8.59. The Labute approximate surface area is 120 Å². The van der Waals surface area contributed by atoms with E-state index < -0.39 is 0 Å². The topological polar surface area (TPSA) is 43.8 Å². The molecule has 1 atom stereocenters. The first kappa shape index (κ1) is 13.3. The van der Waals surface area contributed by atoms with Gasteiger partial charge < -0.3 is 5.73 Å². The molecule has 0 spiro atoms. The molecule has 104 valence electrons. The first-order chi connectivity index (χ1) is 9.69. The van der Waals surface area contributed by atoms with Crippen molar-refractivity contribution in [1.29, 1.82) is 0 Å². The number of nitrogens with two attached hydrogens (primary N) is 1. The number of hydrogen-bond donors (Lipinski definition) is 1. The normalized spacial score (nSPS) is 12.9. The summed E-state index contributed by atoms with van der Waals surface area (Å²) in [5.74, 6) is -0.213. The van der Waals surface area contributed by atoms with Gasteiger partial charge in [0.05, 0.1) is 11.7 Å². The number of aromatic nitrogens is 2. The lowest BCUT2D eigenvalue weighted by molar-refractivity contribution is 0.561. The Hall–Kier alpha value is -1.72. The van der Waals surface area contributed by atoms with E-state index in [4.69, 9.17) is 5.73 Å². The lowest BCUT2D eigenvalue weighted by Crippen LogP contribution is -2.16. The molecule has 0 aliphatic heterocycles. The van der Waals surface area contributed by atoms with Crippen molar-refractivity contribution in [3.05, 3.63) is 52.9 Å². The smallest absolute Gasteiger partial charge is 0.124 e. The number of nitrogens with zero attached hydrogens (tertiary/aromatic N) is 2. The number of thiophene rings is 1. The van der Waals surface area contributed by atoms with E-state index in [1.165, 1.54) is 17.4 Å². The van der Waals surface area contributed by atoms with Crippen LogP contribution >= 0.6 is 11.3 Å². The monoisotopic (exact) mass is 289 g/mol. The van der Waals surface area contributed by atoms with E-state index in [9.17, 15) is 4.39 Å². The summed E-state index contributed by atoms with van der Waals surface area (Å²) in [6.07, 6.45) is 2.79. The third-order valence-corrected chi connectivity index (χ3v) is 4.49. The van der Waals surface area contributed by atoms with E-state index in [2.05, 4.69) is 12.0 Å². The quantitative estimate of drug-likeness (QED) is 0.796. The summed E-state index contributed by atoms with van der Waals surface area (Å²) in [4.78, 5) is 1.03. The second-order valence-corrected chi connectivity index (χ2v) is 5.90. The van der Waals surface area contributed by atoms with Crippen LogP contribution in [0.25, 0.3) is 10.1 Å². The second-order valence-electron chi connectivity index (χ2n) is 4.79. The van der Waals surface area contributed by atoms with Gasteiger partial charge in [0.15, 0.2) is 0 Å². The highest BCUT2D eigenvalue weighted by Gasteiger charge is 2.16.